The molecule has 1 rings (SSSR count). The molecule has 0 saturated carbocycles. The van der Waals surface area contributed by atoms with Gasteiger partial charge in [-0.2, -0.15) is 8.42 Å². The highest BCUT2D eigenvalue weighted by molar-refractivity contribution is 7.85. The molecule has 4 N–H and O–H groups in total. The lowest BCUT2D eigenvalue weighted by atomic mass is 10.00. The molecule has 1 heterocycles. The van der Waals surface area contributed by atoms with Crippen LogP contribution in [0.2, 0.25) is 0 Å². The first-order valence-electron chi connectivity index (χ1n) is 21.2. The van der Waals surface area contributed by atoms with Crippen LogP contribution in [0.5, 0.6) is 0 Å². The van der Waals surface area contributed by atoms with Gasteiger partial charge in [0.1, 0.15) is 36.8 Å². The number of rotatable bonds is 35. The van der Waals surface area contributed by atoms with E-state index in [1.165, 1.54) is 83.5 Å². The van der Waals surface area contributed by atoms with E-state index < -0.39 is 71.2 Å². The number of esters is 2. The Labute approximate surface area is 326 Å². The molecule has 12 nitrogen and oxygen atoms in total. The second-order valence-electron chi connectivity index (χ2n) is 15.0. The van der Waals surface area contributed by atoms with Crippen molar-refractivity contribution in [2.24, 2.45) is 0 Å². The van der Waals surface area contributed by atoms with Crippen LogP contribution in [-0.4, -0.2) is 96.0 Å². The van der Waals surface area contributed by atoms with Gasteiger partial charge in [0.2, 0.25) is 0 Å². The van der Waals surface area contributed by atoms with Gasteiger partial charge in [-0.1, -0.05) is 148 Å². The minimum atomic E-state index is -4.60. The topological polar surface area (TPSA) is 186 Å². The van der Waals surface area contributed by atoms with E-state index in [2.05, 4.69) is 26.0 Å². The highest BCUT2D eigenvalue weighted by atomic mass is 32.2. The first-order chi connectivity index (χ1) is 26.0. The SMILES string of the molecule is CCCC/C=C\CCCCCCCCCC(=O)O[C@H](COC(=O)CCCCCCCCCCCCCCC)CO[C@H]1O[C@H](CS(=O)(=O)O)[C@@H](O)C(O)C1O. The van der Waals surface area contributed by atoms with E-state index in [-0.39, 0.29) is 19.4 Å². The largest absolute Gasteiger partial charge is 0.462 e. The lowest BCUT2D eigenvalue weighted by molar-refractivity contribution is -0.297. The molecule has 2 unspecified atom stereocenters. The third-order valence-corrected chi connectivity index (χ3v) is 10.6. The minimum absolute atomic E-state index is 0.163. The van der Waals surface area contributed by atoms with Crippen molar-refractivity contribution >= 4 is 22.1 Å². The Hall–Kier alpha value is -1.61. The van der Waals surface area contributed by atoms with Gasteiger partial charge < -0.3 is 34.3 Å². The third-order valence-electron chi connectivity index (χ3n) is 9.85. The Balaban J connectivity index is 2.48. The zero-order chi connectivity index (χ0) is 39.9. The Morgan fingerprint density at radius 1 is 0.611 bits per heavy atom. The summed E-state index contributed by atoms with van der Waals surface area (Å²) >= 11 is 0. The van der Waals surface area contributed by atoms with E-state index in [9.17, 15) is 37.9 Å². The van der Waals surface area contributed by atoms with E-state index in [1.807, 2.05) is 0 Å². The van der Waals surface area contributed by atoms with Crippen LogP contribution in [0.25, 0.3) is 0 Å². The Bertz CT molecular complexity index is 1070. The number of carbonyl (C=O) groups is 2. The molecule has 0 amide bonds. The fourth-order valence-electron chi connectivity index (χ4n) is 6.48. The van der Waals surface area contributed by atoms with Crippen molar-refractivity contribution in [1.29, 1.82) is 0 Å². The van der Waals surface area contributed by atoms with E-state index in [4.69, 9.17) is 18.9 Å². The second kappa shape index (κ2) is 32.5. The minimum Gasteiger partial charge on any atom is -0.462 e. The molecule has 13 heteroatoms. The molecule has 54 heavy (non-hydrogen) atoms. The zero-order valence-electron chi connectivity index (χ0n) is 33.6. The number of carbonyl (C=O) groups excluding carboxylic acids is 2. The van der Waals surface area contributed by atoms with E-state index in [1.54, 1.807) is 0 Å². The summed E-state index contributed by atoms with van der Waals surface area (Å²) in [7, 11) is -4.60. The maximum Gasteiger partial charge on any atom is 0.306 e. The van der Waals surface area contributed by atoms with Crippen LogP contribution in [0.1, 0.15) is 181 Å². The summed E-state index contributed by atoms with van der Waals surface area (Å²) < 4.78 is 53.9. The summed E-state index contributed by atoms with van der Waals surface area (Å²) in [6.07, 6.45) is 22.6. The Morgan fingerprint density at radius 3 is 1.59 bits per heavy atom. The molecule has 0 spiro atoms. The summed E-state index contributed by atoms with van der Waals surface area (Å²) in [4.78, 5) is 25.3. The van der Waals surface area contributed by atoms with E-state index >= 15 is 0 Å². The molecule has 1 fully saturated rings. The molecular weight excluding hydrogens is 717 g/mol. The van der Waals surface area contributed by atoms with Gasteiger partial charge in [-0.15, -0.1) is 0 Å². The van der Waals surface area contributed by atoms with Crippen molar-refractivity contribution in [1.82, 2.24) is 0 Å². The molecule has 0 aliphatic carbocycles. The van der Waals surface area contributed by atoms with Gasteiger partial charge in [-0.25, -0.2) is 0 Å². The number of aliphatic hydroxyl groups is 3. The van der Waals surface area contributed by atoms with E-state index in [0.29, 0.717) is 12.8 Å². The smallest absolute Gasteiger partial charge is 0.306 e. The fourth-order valence-corrected chi connectivity index (χ4v) is 7.17. The number of unbranched alkanes of at least 4 members (excludes halogenated alkanes) is 21. The fraction of sp³-hybridized carbons (Fsp3) is 0.902. The van der Waals surface area contributed by atoms with Crippen molar-refractivity contribution in [2.75, 3.05) is 19.0 Å². The quantitative estimate of drug-likeness (QED) is 0.0211. The van der Waals surface area contributed by atoms with Gasteiger partial charge >= 0.3 is 11.9 Å². The maximum absolute atomic E-state index is 12.8. The molecule has 0 bridgehead atoms. The van der Waals surface area contributed by atoms with Crippen LogP contribution in [0.3, 0.4) is 0 Å². The van der Waals surface area contributed by atoms with Crippen molar-refractivity contribution < 1.29 is 56.8 Å². The molecule has 0 aromatic rings. The number of hydrogen-bond acceptors (Lipinski definition) is 11. The molecule has 0 aromatic heterocycles. The maximum atomic E-state index is 12.8. The first-order valence-corrected chi connectivity index (χ1v) is 22.9. The van der Waals surface area contributed by atoms with Crippen molar-refractivity contribution in [3.05, 3.63) is 12.2 Å². The van der Waals surface area contributed by atoms with Crippen LogP contribution in [0.15, 0.2) is 12.2 Å². The van der Waals surface area contributed by atoms with Gasteiger partial charge in [-0.05, 0) is 32.1 Å². The Kier molecular flexibility index (Phi) is 30.3. The normalized spacial score (nSPS) is 21.0. The Morgan fingerprint density at radius 2 is 1.07 bits per heavy atom. The van der Waals surface area contributed by atoms with Gasteiger partial charge in [0.15, 0.2) is 12.4 Å². The monoisotopic (exact) mass is 793 g/mol. The molecule has 1 aliphatic heterocycles. The van der Waals surface area contributed by atoms with Crippen molar-refractivity contribution in [3.63, 3.8) is 0 Å². The van der Waals surface area contributed by atoms with Gasteiger partial charge in [0.25, 0.3) is 10.1 Å². The summed E-state index contributed by atoms with van der Waals surface area (Å²) in [5.41, 5.74) is 0. The van der Waals surface area contributed by atoms with Crippen LogP contribution < -0.4 is 0 Å². The average Bonchev–Trinajstić information content (AvgIpc) is 3.13. The van der Waals surface area contributed by atoms with Crippen molar-refractivity contribution in [2.45, 2.75) is 218 Å². The van der Waals surface area contributed by atoms with E-state index in [0.717, 1.165) is 57.8 Å². The molecule has 318 valence electrons. The summed E-state index contributed by atoms with van der Waals surface area (Å²) in [5.74, 6) is -1.98. The molecular formula is C41H76O12S. The van der Waals surface area contributed by atoms with Crippen molar-refractivity contribution in [3.8, 4) is 0 Å². The molecule has 0 radical (unpaired) electrons. The predicted octanol–water partition coefficient (Wildman–Crippen LogP) is 7.89. The summed E-state index contributed by atoms with van der Waals surface area (Å²) in [6.45, 7) is 3.71. The van der Waals surface area contributed by atoms with Crippen LogP contribution in [0, 0.1) is 0 Å². The number of ether oxygens (including phenoxy) is 4. The van der Waals surface area contributed by atoms with Gasteiger partial charge in [0, 0.05) is 12.8 Å². The molecule has 1 saturated heterocycles. The van der Waals surface area contributed by atoms with Crippen LogP contribution >= 0.6 is 0 Å². The standard InChI is InChI=1S/C41H76O12S/c1-3-5-7-9-11-13-15-17-19-21-23-25-27-29-36(42)50-31-34(32-51-41-40(46)39(45)38(44)35(53-41)33-54(47,48)49)52-37(43)30-28-26-24-22-20-18-16-14-12-10-8-6-4-2/h10,12,34-35,38-41,44-46H,3-9,11,13-33H2,1-2H3,(H,47,48,49)/b12-10-/t34-,35-,38-,39?,40?,41+/m1/s1. The van der Waals surface area contributed by atoms with Gasteiger partial charge in [-0.3, -0.25) is 14.1 Å². The highest BCUT2D eigenvalue weighted by Gasteiger charge is 2.46. The molecule has 6 atom stereocenters. The van der Waals surface area contributed by atoms with Crippen LogP contribution in [0.4, 0.5) is 0 Å². The van der Waals surface area contributed by atoms with Crippen LogP contribution in [-0.2, 0) is 38.7 Å². The summed E-state index contributed by atoms with van der Waals surface area (Å²) in [5, 5.41) is 30.8. The predicted molar refractivity (Wildman–Crippen MR) is 210 cm³/mol. The summed E-state index contributed by atoms with van der Waals surface area (Å²) in [6, 6.07) is 0. The zero-order valence-corrected chi connectivity index (χ0v) is 34.4. The highest BCUT2D eigenvalue weighted by Crippen LogP contribution is 2.24. The molecule has 0 aromatic carbocycles. The van der Waals surface area contributed by atoms with Gasteiger partial charge in [0.05, 0.1) is 6.61 Å². The lowest BCUT2D eigenvalue weighted by Gasteiger charge is -2.40. The number of allylic oxidation sites excluding steroid dienone is 2. The number of aliphatic hydroxyl groups excluding tert-OH is 3. The average molecular weight is 793 g/mol. The number of hydrogen-bond donors (Lipinski definition) is 4. The first kappa shape index (κ1) is 50.4. The molecule has 1 aliphatic rings. The second-order valence-corrected chi connectivity index (χ2v) is 16.5. The lowest BCUT2D eigenvalue weighted by Crippen LogP contribution is -2.60. The third kappa shape index (κ3) is 27.1.